The summed E-state index contributed by atoms with van der Waals surface area (Å²) in [5, 5.41) is 3.10. The van der Waals surface area contributed by atoms with E-state index < -0.39 is 11.7 Å². The zero-order chi connectivity index (χ0) is 18.9. The first-order valence-electron chi connectivity index (χ1n) is 8.03. The molecule has 1 aromatic carbocycles. The topological polar surface area (TPSA) is 84.1 Å². The summed E-state index contributed by atoms with van der Waals surface area (Å²) in [6.45, 7) is 1.97. The number of aryl methyl sites for hydroxylation is 1. The van der Waals surface area contributed by atoms with Gasteiger partial charge in [0.1, 0.15) is 5.82 Å². The van der Waals surface area contributed by atoms with E-state index in [4.69, 9.17) is 5.73 Å². The van der Waals surface area contributed by atoms with Crippen molar-refractivity contribution < 1.29 is 18.0 Å². The van der Waals surface area contributed by atoms with Gasteiger partial charge in [-0.05, 0) is 18.6 Å². The van der Waals surface area contributed by atoms with Crippen molar-refractivity contribution in [3.05, 3.63) is 47.2 Å². The van der Waals surface area contributed by atoms with Crippen molar-refractivity contribution in [2.24, 2.45) is 0 Å². The first kappa shape index (κ1) is 18.0. The quantitative estimate of drug-likeness (QED) is 0.870. The zero-order valence-electron chi connectivity index (χ0n) is 14.0. The number of nitrogens with zero attached hydrogens (tertiary/aromatic N) is 3. The molecule has 138 valence electrons. The number of alkyl halides is 3. The van der Waals surface area contributed by atoms with Gasteiger partial charge in [-0.3, -0.25) is 4.79 Å². The molecular formula is C17H18F3N5O. The van der Waals surface area contributed by atoms with Crippen LogP contribution in [0.15, 0.2) is 30.3 Å². The molecule has 6 nitrogen and oxygen atoms in total. The van der Waals surface area contributed by atoms with Crippen LogP contribution in [0.1, 0.15) is 23.2 Å². The van der Waals surface area contributed by atoms with Crippen LogP contribution in [-0.2, 0) is 17.5 Å². The van der Waals surface area contributed by atoms with E-state index in [0.717, 1.165) is 6.07 Å². The number of rotatable bonds is 4. The van der Waals surface area contributed by atoms with Gasteiger partial charge in [0.2, 0.25) is 11.9 Å². The second kappa shape index (κ2) is 6.81. The van der Waals surface area contributed by atoms with Crippen molar-refractivity contribution in [3.8, 4) is 0 Å². The van der Waals surface area contributed by atoms with Crippen LogP contribution in [0.2, 0.25) is 0 Å². The molecular weight excluding hydrogens is 347 g/mol. The number of nitrogen functional groups attached to an aromatic ring is 1. The third kappa shape index (κ3) is 4.04. The molecule has 2 aromatic rings. The van der Waals surface area contributed by atoms with E-state index in [1.54, 1.807) is 13.0 Å². The fourth-order valence-electron chi connectivity index (χ4n) is 3.04. The molecule has 0 aliphatic carbocycles. The van der Waals surface area contributed by atoms with Gasteiger partial charge in [-0.15, -0.1) is 0 Å². The maximum Gasteiger partial charge on any atom is 0.416 e. The van der Waals surface area contributed by atoms with Crippen molar-refractivity contribution in [2.75, 3.05) is 17.6 Å². The van der Waals surface area contributed by atoms with Gasteiger partial charge in [0.25, 0.3) is 0 Å². The van der Waals surface area contributed by atoms with Gasteiger partial charge in [-0.2, -0.15) is 18.2 Å². The fourth-order valence-corrected chi connectivity index (χ4v) is 3.04. The van der Waals surface area contributed by atoms with E-state index in [9.17, 15) is 18.0 Å². The molecule has 1 aromatic heterocycles. The summed E-state index contributed by atoms with van der Waals surface area (Å²) >= 11 is 0. The third-order valence-corrected chi connectivity index (χ3v) is 4.12. The van der Waals surface area contributed by atoms with Crippen molar-refractivity contribution in [1.29, 1.82) is 0 Å². The number of benzene rings is 1. The normalized spacial score (nSPS) is 17.6. The van der Waals surface area contributed by atoms with Crippen LogP contribution >= 0.6 is 0 Å². The Balaban J connectivity index is 1.71. The summed E-state index contributed by atoms with van der Waals surface area (Å²) < 4.78 is 39.4. The number of nitrogens with two attached hydrogens (primary N) is 1. The highest BCUT2D eigenvalue weighted by molar-refractivity contribution is 5.80. The van der Waals surface area contributed by atoms with Gasteiger partial charge in [0.15, 0.2) is 0 Å². The van der Waals surface area contributed by atoms with Crippen LogP contribution in [0.3, 0.4) is 0 Å². The molecule has 3 rings (SSSR count). The Morgan fingerprint density at radius 3 is 2.73 bits per heavy atom. The summed E-state index contributed by atoms with van der Waals surface area (Å²) in [6.07, 6.45) is -4.27. The maximum absolute atomic E-state index is 13.1. The van der Waals surface area contributed by atoms with Crippen LogP contribution in [0, 0.1) is 6.92 Å². The molecule has 0 spiro atoms. The lowest BCUT2D eigenvalue weighted by Gasteiger charge is -2.20. The Bertz CT molecular complexity index is 804. The van der Waals surface area contributed by atoms with Crippen molar-refractivity contribution in [2.45, 2.75) is 32.1 Å². The molecule has 9 heteroatoms. The van der Waals surface area contributed by atoms with Gasteiger partial charge in [0.05, 0.1) is 11.6 Å². The maximum atomic E-state index is 13.1. The minimum atomic E-state index is -4.45. The van der Waals surface area contributed by atoms with Gasteiger partial charge < -0.3 is 16.0 Å². The number of amides is 1. The highest BCUT2D eigenvalue weighted by atomic mass is 19.4. The van der Waals surface area contributed by atoms with Gasteiger partial charge >= 0.3 is 6.18 Å². The lowest BCUT2D eigenvalue weighted by atomic mass is 10.1. The first-order chi connectivity index (χ1) is 12.2. The average molecular weight is 365 g/mol. The molecule has 1 atom stereocenters. The Kier molecular flexibility index (Phi) is 4.71. The van der Waals surface area contributed by atoms with Crippen LogP contribution in [0.5, 0.6) is 0 Å². The number of likely N-dealkylation sites (tertiary alicyclic amines) is 1. The lowest BCUT2D eigenvalue weighted by molar-refractivity contribution is -0.139. The van der Waals surface area contributed by atoms with E-state index in [-0.39, 0.29) is 43.0 Å². The molecule has 0 bridgehead atoms. The molecule has 26 heavy (non-hydrogen) atoms. The Morgan fingerprint density at radius 1 is 1.31 bits per heavy atom. The highest BCUT2D eigenvalue weighted by Gasteiger charge is 2.35. The lowest BCUT2D eigenvalue weighted by Crippen LogP contribution is -2.28. The number of carbonyl (C=O) groups excluding carboxylic acids is 1. The third-order valence-electron chi connectivity index (χ3n) is 4.12. The molecule has 1 unspecified atom stereocenters. The Hall–Kier alpha value is -2.84. The number of hydrogen-bond acceptors (Lipinski definition) is 5. The van der Waals surface area contributed by atoms with E-state index in [1.807, 2.05) is 0 Å². The summed E-state index contributed by atoms with van der Waals surface area (Å²) in [6, 6.07) is 6.73. The molecule has 1 fully saturated rings. The Labute approximate surface area is 148 Å². The number of aromatic nitrogens is 2. The Morgan fingerprint density at radius 2 is 2.04 bits per heavy atom. The predicted octanol–water partition coefficient (Wildman–Crippen LogP) is 2.60. The van der Waals surface area contributed by atoms with Crippen molar-refractivity contribution in [1.82, 2.24) is 14.9 Å². The SMILES string of the molecule is Cc1cc(NC2CC(=O)N(Cc3ccccc3C(F)(F)F)C2)nc(N)n1. The first-order valence-corrected chi connectivity index (χ1v) is 8.03. The van der Waals surface area contributed by atoms with E-state index in [2.05, 4.69) is 15.3 Å². The fraction of sp³-hybridized carbons (Fsp3) is 0.353. The number of halogens is 3. The highest BCUT2D eigenvalue weighted by Crippen LogP contribution is 2.33. The largest absolute Gasteiger partial charge is 0.416 e. The van der Waals surface area contributed by atoms with E-state index >= 15 is 0 Å². The van der Waals surface area contributed by atoms with Crippen LogP contribution in [0.4, 0.5) is 24.9 Å². The number of nitrogens with one attached hydrogen (secondary N) is 1. The van der Waals surface area contributed by atoms with E-state index in [0.29, 0.717) is 11.5 Å². The molecule has 1 aliphatic rings. The molecule has 1 amide bonds. The van der Waals surface area contributed by atoms with Crippen molar-refractivity contribution in [3.63, 3.8) is 0 Å². The average Bonchev–Trinajstić information content (AvgIpc) is 2.85. The molecule has 2 heterocycles. The van der Waals surface area contributed by atoms with E-state index in [1.165, 1.54) is 23.1 Å². The summed E-state index contributed by atoms with van der Waals surface area (Å²) in [4.78, 5) is 21.7. The minimum Gasteiger partial charge on any atom is -0.368 e. The monoisotopic (exact) mass is 365 g/mol. The standard InChI is InChI=1S/C17H18F3N5O/c1-10-6-14(24-16(21)22-10)23-12-7-15(26)25(9-12)8-11-4-2-3-5-13(11)17(18,19)20/h2-6,12H,7-9H2,1H3,(H3,21,22,23,24). The van der Waals surface area contributed by atoms with Crippen LogP contribution in [-0.4, -0.2) is 33.4 Å². The number of hydrogen-bond donors (Lipinski definition) is 2. The predicted molar refractivity (Wildman–Crippen MR) is 90.1 cm³/mol. The summed E-state index contributed by atoms with van der Waals surface area (Å²) in [5.74, 6) is 0.399. The molecule has 1 saturated heterocycles. The van der Waals surface area contributed by atoms with Gasteiger partial charge in [0, 0.05) is 31.3 Å². The molecule has 0 radical (unpaired) electrons. The van der Waals surface area contributed by atoms with Crippen LogP contribution < -0.4 is 11.1 Å². The molecule has 0 saturated carbocycles. The smallest absolute Gasteiger partial charge is 0.368 e. The second-order valence-corrected chi connectivity index (χ2v) is 6.23. The van der Waals surface area contributed by atoms with Gasteiger partial charge in [-0.1, -0.05) is 18.2 Å². The number of carbonyl (C=O) groups is 1. The zero-order valence-corrected chi connectivity index (χ0v) is 14.0. The molecule has 3 N–H and O–H groups in total. The second-order valence-electron chi connectivity index (χ2n) is 6.23. The molecule has 1 aliphatic heterocycles. The van der Waals surface area contributed by atoms with Crippen LogP contribution in [0.25, 0.3) is 0 Å². The minimum absolute atomic E-state index is 0.0797. The summed E-state index contributed by atoms with van der Waals surface area (Å²) in [5.41, 5.74) is 5.64. The van der Waals surface area contributed by atoms with Crippen molar-refractivity contribution >= 4 is 17.7 Å². The number of anilines is 2. The summed E-state index contributed by atoms with van der Waals surface area (Å²) in [7, 11) is 0. The van der Waals surface area contributed by atoms with Gasteiger partial charge in [-0.25, -0.2) is 4.98 Å².